The summed E-state index contributed by atoms with van der Waals surface area (Å²) in [5, 5.41) is 3.44. The normalized spacial score (nSPS) is 16.9. The van der Waals surface area contributed by atoms with Crippen LogP contribution in [0.25, 0.3) is 0 Å². The van der Waals surface area contributed by atoms with Crippen LogP contribution in [0.15, 0.2) is 24.3 Å². The summed E-state index contributed by atoms with van der Waals surface area (Å²) in [7, 11) is -3.19. The Morgan fingerprint density at radius 2 is 1.79 bits per heavy atom. The number of nitrogens with one attached hydrogen (secondary N) is 2. The first kappa shape index (κ1) is 14.2. The Balaban J connectivity index is 1.90. The van der Waals surface area contributed by atoms with Crippen molar-refractivity contribution in [2.75, 3.05) is 15.8 Å². The third-order valence-electron chi connectivity index (χ3n) is 3.34. The van der Waals surface area contributed by atoms with E-state index in [1.165, 1.54) is 19.3 Å². The van der Waals surface area contributed by atoms with Gasteiger partial charge in [-0.3, -0.25) is 4.72 Å². The van der Waals surface area contributed by atoms with Crippen molar-refractivity contribution in [3.8, 4) is 0 Å². The van der Waals surface area contributed by atoms with Crippen molar-refractivity contribution >= 4 is 21.4 Å². The maximum Gasteiger partial charge on any atom is 0.232 e. The molecule has 0 aromatic heterocycles. The highest BCUT2D eigenvalue weighted by atomic mass is 32.2. The smallest absolute Gasteiger partial charge is 0.232 e. The summed E-state index contributed by atoms with van der Waals surface area (Å²) in [6.45, 7) is 3.81. The lowest BCUT2D eigenvalue weighted by Crippen LogP contribution is -2.16. The molecular weight excluding hydrogens is 260 g/mol. The number of sulfonamides is 1. The minimum atomic E-state index is -3.19. The van der Waals surface area contributed by atoms with Crippen LogP contribution >= 0.6 is 0 Å². The molecule has 0 aliphatic heterocycles. The minimum absolute atomic E-state index is 0.0887. The van der Waals surface area contributed by atoms with E-state index in [1.54, 1.807) is 19.1 Å². The predicted molar refractivity (Wildman–Crippen MR) is 80.0 cm³/mol. The lowest BCUT2D eigenvalue weighted by Gasteiger charge is -2.15. The summed E-state index contributed by atoms with van der Waals surface area (Å²) in [5.41, 5.74) is 1.65. The largest absolute Gasteiger partial charge is 0.383 e. The molecule has 0 radical (unpaired) electrons. The fourth-order valence-electron chi connectivity index (χ4n) is 2.08. The van der Waals surface area contributed by atoms with E-state index in [0.29, 0.717) is 11.7 Å². The average Bonchev–Trinajstić information content (AvgIpc) is 3.15. The first-order valence-corrected chi connectivity index (χ1v) is 8.51. The average molecular weight is 282 g/mol. The van der Waals surface area contributed by atoms with Crippen LogP contribution in [0, 0.1) is 5.92 Å². The molecule has 1 fully saturated rings. The van der Waals surface area contributed by atoms with Crippen LogP contribution in [0.4, 0.5) is 11.4 Å². The van der Waals surface area contributed by atoms with E-state index in [0.717, 1.165) is 11.6 Å². The Kier molecular flexibility index (Phi) is 4.34. The monoisotopic (exact) mass is 282 g/mol. The molecule has 1 unspecified atom stereocenters. The third kappa shape index (κ3) is 4.74. The Bertz CT molecular complexity index is 507. The van der Waals surface area contributed by atoms with Crippen molar-refractivity contribution in [3.05, 3.63) is 24.3 Å². The van der Waals surface area contributed by atoms with E-state index in [4.69, 9.17) is 0 Å². The predicted octanol–water partition coefficient (Wildman–Crippen LogP) is 3.05. The lowest BCUT2D eigenvalue weighted by molar-refractivity contribution is 0.602. The second-order valence-corrected chi connectivity index (χ2v) is 7.32. The van der Waals surface area contributed by atoms with Gasteiger partial charge in [-0.25, -0.2) is 8.42 Å². The first-order valence-electron chi connectivity index (χ1n) is 6.85. The van der Waals surface area contributed by atoms with Crippen LogP contribution in [0.2, 0.25) is 0 Å². The number of hydrogen-bond donors (Lipinski definition) is 2. The van der Waals surface area contributed by atoms with Gasteiger partial charge in [-0.15, -0.1) is 0 Å². The van der Waals surface area contributed by atoms with E-state index in [2.05, 4.69) is 17.0 Å². The molecule has 19 heavy (non-hydrogen) atoms. The highest BCUT2D eigenvalue weighted by molar-refractivity contribution is 7.92. The van der Waals surface area contributed by atoms with Gasteiger partial charge < -0.3 is 5.32 Å². The van der Waals surface area contributed by atoms with Gasteiger partial charge in [0.1, 0.15) is 0 Å². The fraction of sp³-hybridized carbons (Fsp3) is 0.571. The molecule has 0 spiro atoms. The minimum Gasteiger partial charge on any atom is -0.383 e. The van der Waals surface area contributed by atoms with Gasteiger partial charge in [-0.2, -0.15) is 0 Å². The molecule has 0 saturated heterocycles. The molecule has 2 N–H and O–H groups in total. The van der Waals surface area contributed by atoms with Gasteiger partial charge in [-0.1, -0.05) is 12.8 Å². The van der Waals surface area contributed by atoms with Gasteiger partial charge in [0.15, 0.2) is 0 Å². The molecule has 0 amide bonds. The summed E-state index contributed by atoms with van der Waals surface area (Å²) in [6.07, 6.45) is 3.94. The van der Waals surface area contributed by atoms with E-state index < -0.39 is 10.0 Å². The number of benzene rings is 1. The molecule has 0 heterocycles. The van der Waals surface area contributed by atoms with Gasteiger partial charge in [0.25, 0.3) is 0 Å². The summed E-state index contributed by atoms with van der Waals surface area (Å²) < 4.78 is 25.4. The summed E-state index contributed by atoms with van der Waals surface area (Å²) >= 11 is 0. The standard InChI is InChI=1S/C14H22N2O2S/c1-3-19(17,18)16-14-8-6-13(7-9-14)15-11(2)10-12-4-5-12/h6-9,11-12,15-16H,3-5,10H2,1-2H3. The summed E-state index contributed by atoms with van der Waals surface area (Å²) in [6, 6.07) is 7.87. The van der Waals surface area contributed by atoms with Crippen LogP contribution in [-0.2, 0) is 10.0 Å². The SMILES string of the molecule is CCS(=O)(=O)Nc1ccc(NC(C)CC2CC2)cc1. The van der Waals surface area contributed by atoms with E-state index in [1.807, 2.05) is 12.1 Å². The van der Waals surface area contributed by atoms with Crippen LogP contribution in [-0.4, -0.2) is 20.2 Å². The molecule has 1 aromatic rings. The second kappa shape index (κ2) is 5.82. The second-order valence-electron chi connectivity index (χ2n) is 5.31. The molecule has 1 aromatic carbocycles. The van der Waals surface area contributed by atoms with Crippen LogP contribution in [0.5, 0.6) is 0 Å². The highest BCUT2D eigenvalue weighted by Crippen LogP contribution is 2.34. The van der Waals surface area contributed by atoms with Gasteiger partial charge >= 0.3 is 0 Å². The Labute approximate surface area is 115 Å². The molecular formula is C14H22N2O2S. The number of rotatable bonds is 7. The van der Waals surface area contributed by atoms with Crippen LogP contribution < -0.4 is 10.0 Å². The molecule has 1 aliphatic rings. The molecule has 5 heteroatoms. The Morgan fingerprint density at radius 3 is 2.32 bits per heavy atom. The molecule has 2 rings (SSSR count). The van der Waals surface area contributed by atoms with Crippen molar-refractivity contribution in [2.45, 2.75) is 39.2 Å². The molecule has 0 bridgehead atoms. The van der Waals surface area contributed by atoms with E-state index in [9.17, 15) is 8.42 Å². The Morgan fingerprint density at radius 1 is 1.21 bits per heavy atom. The summed E-state index contributed by atoms with van der Waals surface area (Å²) in [4.78, 5) is 0. The molecule has 1 saturated carbocycles. The van der Waals surface area contributed by atoms with Gasteiger partial charge in [0.05, 0.1) is 5.75 Å². The number of anilines is 2. The highest BCUT2D eigenvalue weighted by Gasteiger charge is 2.23. The molecule has 1 aliphatic carbocycles. The molecule has 4 nitrogen and oxygen atoms in total. The topological polar surface area (TPSA) is 58.2 Å². The lowest BCUT2D eigenvalue weighted by atomic mass is 10.1. The summed E-state index contributed by atoms with van der Waals surface area (Å²) in [5.74, 6) is 0.990. The van der Waals surface area contributed by atoms with E-state index >= 15 is 0 Å². The fourth-order valence-corrected chi connectivity index (χ4v) is 2.72. The van der Waals surface area contributed by atoms with Crippen molar-refractivity contribution in [3.63, 3.8) is 0 Å². The van der Waals surface area contributed by atoms with Crippen molar-refractivity contribution < 1.29 is 8.42 Å². The maximum atomic E-state index is 11.4. The van der Waals surface area contributed by atoms with E-state index in [-0.39, 0.29) is 5.75 Å². The van der Waals surface area contributed by atoms with Gasteiger partial charge in [0, 0.05) is 17.4 Å². The zero-order chi connectivity index (χ0) is 13.9. The Hall–Kier alpha value is -1.23. The van der Waals surface area contributed by atoms with Gasteiger partial charge in [0.2, 0.25) is 10.0 Å². The third-order valence-corrected chi connectivity index (χ3v) is 4.64. The van der Waals surface area contributed by atoms with Crippen molar-refractivity contribution in [2.24, 2.45) is 5.92 Å². The van der Waals surface area contributed by atoms with Gasteiger partial charge in [-0.05, 0) is 50.5 Å². The zero-order valence-electron chi connectivity index (χ0n) is 11.5. The quantitative estimate of drug-likeness (QED) is 0.808. The number of hydrogen-bond acceptors (Lipinski definition) is 3. The maximum absolute atomic E-state index is 11.4. The van der Waals surface area contributed by atoms with Crippen LogP contribution in [0.1, 0.15) is 33.1 Å². The molecule has 1 atom stereocenters. The zero-order valence-corrected chi connectivity index (χ0v) is 12.3. The van der Waals surface area contributed by atoms with Crippen molar-refractivity contribution in [1.29, 1.82) is 0 Å². The first-order chi connectivity index (χ1) is 8.98. The van der Waals surface area contributed by atoms with Crippen molar-refractivity contribution in [1.82, 2.24) is 0 Å². The molecule has 106 valence electrons. The van der Waals surface area contributed by atoms with Crippen LogP contribution in [0.3, 0.4) is 0 Å².